The number of phenolic OH excluding ortho intramolecular Hbond substituents is 1. The molecule has 9 aromatic rings. The first-order chi connectivity index (χ1) is 36.0. The van der Waals surface area contributed by atoms with Crippen molar-refractivity contribution in [2.24, 2.45) is 0 Å². The van der Waals surface area contributed by atoms with Crippen LogP contribution in [-0.4, -0.2) is 19.6 Å². The van der Waals surface area contributed by atoms with Crippen LogP contribution in [0.25, 0.3) is 89.1 Å². The van der Waals surface area contributed by atoms with E-state index in [2.05, 4.69) is 250 Å². The molecule has 78 heavy (non-hydrogen) atoms. The first kappa shape index (κ1) is 57.3. The molecular weight excluding hydrogens is 1130 g/mol. The van der Waals surface area contributed by atoms with E-state index in [9.17, 15) is 5.11 Å². The molecule has 0 aliphatic carbocycles. The Bertz CT molecular complexity index is 3790. The average molecular weight is 1210 g/mol. The third-order valence-electron chi connectivity index (χ3n) is 15.2. The molecule has 4 nitrogen and oxygen atoms in total. The van der Waals surface area contributed by atoms with Crippen LogP contribution in [0, 0.1) is 13.0 Å². The van der Waals surface area contributed by atoms with E-state index in [1.165, 1.54) is 33.2 Å². The van der Waals surface area contributed by atoms with Crippen molar-refractivity contribution in [2.75, 3.05) is 0 Å². The van der Waals surface area contributed by atoms with E-state index in [1.54, 1.807) is 0 Å². The van der Waals surface area contributed by atoms with E-state index < -0.39 is 0 Å². The molecule has 5 heteroatoms. The Morgan fingerprint density at radius 2 is 1.22 bits per heavy atom. The molecule has 7 aromatic carbocycles. The fourth-order valence-corrected chi connectivity index (χ4v) is 10.6. The van der Waals surface area contributed by atoms with Gasteiger partial charge < -0.3 is 5.11 Å². The van der Waals surface area contributed by atoms with Crippen LogP contribution in [0.3, 0.4) is 0 Å². The van der Waals surface area contributed by atoms with E-state index in [1.807, 2.05) is 36.6 Å². The molecule has 0 saturated carbocycles. The van der Waals surface area contributed by atoms with E-state index in [4.69, 9.17) is 9.97 Å². The van der Waals surface area contributed by atoms with Crippen molar-refractivity contribution in [3.8, 4) is 67.5 Å². The summed E-state index contributed by atoms with van der Waals surface area (Å²) in [6, 6.07) is 50.2. The maximum Gasteiger partial charge on any atom is 0.148 e. The molecule has 0 atom stereocenters. The number of hydrogen-bond donors (Lipinski definition) is 1. The number of allylic oxidation sites excluding steroid dienone is 4. The normalized spacial score (nSPS) is 12.7. The Morgan fingerprint density at radius 1 is 0.577 bits per heavy atom. The number of imidazole rings is 1. The van der Waals surface area contributed by atoms with Crippen molar-refractivity contribution in [3.63, 3.8) is 0 Å². The van der Waals surface area contributed by atoms with Crippen LogP contribution >= 0.6 is 0 Å². The van der Waals surface area contributed by atoms with Crippen LogP contribution in [0.5, 0.6) is 5.75 Å². The first-order valence-corrected chi connectivity index (χ1v) is 27.3. The van der Waals surface area contributed by atoms with Crippen LogP contribution in [0.4, 0.5) is 0 Å². The number of phenols is 1. The zero-order valence-electron chi connectivity index (χ0n) is 49.0. The summed E-state index contributed by atoms with van der Waals surface area (Å²) in [6.45, 7) is 44.4. The van der Waals surface area contributed by atoms with Crippen molar-refractivity contribution >= 4 is 27.4 Å². The number of nitrogens with zero attached hydrogens (tertiary/aromatic N) is 3. The zero-order valence-corrected chi connectivity index (χ0v) is 51.2. The molecule has 0 saturated heterocycles. The first-order valence-electron chi connectivity index (χ1n) is 27.3. The monoisotopic (exact) mass is 1210 g/mol. The van der Waals surface area contributed by atoms with Crippen LogP contribution in [-0.2, 0) is 48.1 Å². The number of rotatable bonds is 9. The maximum atomic E-state index is 12.7. The molecule has 2 heterocycles. The summed E-state index contributed by atoms with van der Waals surface area (Å²) in [5.41, 5.74) is 19.8. The smallest absolute Gasteiger partial charge is 0.148 e. The summed E-state index contributed by atoms with van der Waals surface area (Å²) in [5, 5.41) is 15.1. The second kappa shape index (κ2) is 21.1. The molecule has 0 spiro atoms. The van der Waals surface area contributed by atoms with Gasteiger partial charge in [-0.15, -0.1) is 23.8 Å². The predicted molar refractivity (Wildman–Crippen MR) is 331 cm³/mol. The van der Waals surface area contributed by atoms with Crippen molar-refractivity contribution in [1.29, 1.82) is 0 Å². The van der Waals surface area contributed by atoms with Crippen LogP contribution < -0.4 is 0 Å². The van der Waals surface area contributed by atoms with Crippen molar-refractivity contribution in [3.05, 3.63) is 210 Å². The molecule has 0 amide bonds. The van der Waals surface area contributed by atoms with E-state index in [0.29, 0.717) is 11.4 Å². The van der Waals surface area contributed by atoms with Gasteiger partial charge in [0.15, 0.2) is 0 Å². The molecule has 0 radical (unpaired) electrons. The van der Waals surface area contributed by atoms with Crippen LogP contribution in [0.1, 0.15) is 143 Å². The summed E-state index contributed by atoms with van der Waals surface area (Å²) < 4.78 is 2.26. The SMILES string of the molecule is C=C/C=C(\C=C)c1ccc(C(C)(C)C)cc1-c1cc(-c2cc(C)ccn2)[c-]c(-c2cccc3c2nc(-c2ccc(-c4c(C(C)(C)C)ccc5cc(C(C)(C)C)ccc45)cc2O)n3-c2cc(C(C)(C)C)cc(C(C)(C)C)c2)c1.[Pt]. The molecule has 402 valence electrons. The number of para-hydroxylation sites is 1. The number of benzene rings is 7. The molecule has 0 aliphatic rings. The van der Waals surface area contributed by atoms with Crippen LogP contribution in [0.15, 0.2) is 165 Å². The van der Waals surface area contributed by atoms with Gasteiger partial charge in [0.2, 0.25) is 0 Å². The van der Waals surface area contributed by atoms with Gasteiger partial charge in [-0.05, 0) is 137 Å². The van der Waals surface area contributed by atoms with Gasteiger partial charge in [0.05, 0.1) is 16.6 Å². The summed E-state index contributed by atoms with van der Waals surface area (Å²) in [4.78, 5) is 10.6. The molecule has 2 aromatic heterocycles. The zero-order chi connectivity index (χ0) is 55.7. The Balaban J connectivity index is 0.00000803. The second-order valence-electron chi connectivity index (χ2n) is 26.4. The number of aromatic hydroxyl groups is 1. The quantitative estimate of drug-likeness (QED) is 0.116. The number of pyridine rings is 1. The van der Waals surface area contributed by atoms with Crippen molar-refractivity contribution in [2.45, 2.75) is 138 Å². The number of aromatic nitrogens is 3. The minimum absolute atomic E-state index is 0. The molecular formula is C73H78N3OPt-. The largest absolute Gasteiger partial charge is 0.507 e. The van der Waals surface area contributed by atoms with Gasteiger partial charge in [0.1, 0.15) is 11.6 Å². The van der Waals surface area contributed by atoms with Gasteiger partial charge in [-0.25, -0.2) is 4.98 Å². The van der Waals surface area contributed by atoms with Gasteiger partial charge in [0.25, 0.3) is 0 Å². The van der Waals surface area contributed by atoms with Gasteiger partial charge >= 0.3 is 0 Å². The van der Waals surface area contributed by atoms with Gasteiger partial charge in [-0.2, -0.15) is 0 Å². The van der Waals surface area contributed by atoms with Gasteiger partial charge in [-0.3, -0.25) is 9.55 Å². The minimum Gasteiger partial charge on any atom is -0.507 e. The summed E-state index contributed by atoms with van der Waals surface area (Å²) in [6.07, 6.45) is 7.62. The minimum atomic E-state index is -0.162. The summed E-state index contributed by atoms with van der Waals surface area (Å²) in [7, 11) is 0. The van der Waals surface area contributed by atoms with Gasteiger partial charge in [0, 0.05) is 38.6 Å². The van der Waals surface area contributed by atoms with Crippen LogP contribution in [0.2, 0.25) is 0 Å². The number of hydrogen-bond acceptors (Lipinski definition) is 3. The summed E-state index contributed by atoms with van der Waals surface area (Å²) in [5.74, 6) is 0.804. The summed E-state index contributed by atoms with van der Waals surface area (Å²) >= 11 is 0. The van der Waals surface area contributed by atoms with Crippen molar-refractivity contribution < 1.29 is 26.2 Å². The molecule has 0 fully saturated rings. The molecule has 0 bridgehead atoms. The third kappa shape index (κ3) is 11.4. The molecule has 9 rings (SSSR count). The standard InChI is InChI=1S/C73H78N3O.Pt/c1-19-22-46(20-2)57-30-27-53(70(7,8)9)44-61(57)50-36-49(37-51(38-50)63-35-45(3)33-34-74-63)59-23-21-24-64-67(59)75-68(76(64)56-42-54(71(10,11)12)41-55(43-56)72(13,14)15)60-29-25-48(40-65(60)77)66-58-31-28-52(69(4,5)6)39-47(58)26-32-62(66)73(16,17)18;/h19-36,38-44,77H,1-2H2,3-18H3;/q-1;/b46-22+;. The molecule has 1 N–H and O–H groups in total. The topological polar surface area (TPSA) is 50.9 Å². The predicted octanol–water partition coefficient (Wildman–Crippen LogP) is 20.0. The second-order valence-corrected chi connectivity index (χ2v) is 26.4. The Kier molecular flexibility index (Phi) is 15.5. The Hall–Kier alpha value is -6.87. The van der Waals surface area contributed by atoms with E-state index >= 15 is 0 Å². The average Bonchev–Trinajstić information content (AvgIpc) is 3.97. The maximum absolute atomic E-state index is 12.7. The molecule has 0 aliphatic heterocycles. The van der Waals surface area contributed by atoms with E-state index in [-0.39, 0.29) is 53.9 Å². The fourth-order valence-electron chi connectivity index (χ4n) is 10.6. The Labute approximate surface area is 480 Å². The Morgan fingerprint density at radius 3 is 1.82 bits per heavy atom. The number of aryl methyl sites for hydroxylation is 1. The van der Waals surface area contributed by atoms with E-state index in [0.717, 1.165) is 83.4 Å². The van der Waals surface area contributed by atoms with Crippen molar-refractivity contribution in [1.82, 2.24) is 14.5 Å². The molecule has 0 unspecified atom stereocenters. The fraction of sp³-hybridized carbons (Fsp3) is 0.288. The number of fused-ring (bicyclic) bond motifs is 2. The third-order valence-corrected chi connectivity index (χ3v) is 15.2. The van der Waals surface area contributed by atoms with Gasteiger partial charge in [-0.1, -0.05) is 236 Å².